The smallest absolute Gasteiger partial charge is 0.303 e. The molecule has 0 aromatic heterocycles. The van der Waals surface area contributed by atoms with Crippen molar-refractivity contribution in [2.75, 3.05) is 0 Å². The van der Waals surface area contributed by atoms with Crippen LogP contribution in [-0.4, -0.2) is 12.1 Å². The second-order valence-electron chi connectivity index (χ2n) is 2.67. The average Bonchev–Trinajstić information content (AvgIpc) is 2.34. The number of ether oxygens (including phenoxy) is 1. The van der Waals surface area contributed by atoms with Crippen molar-refractivity contribution in [1.82, 2.24) is 0 Å². The summed E-state index contributed by atoms with van der Waals surface area (Å²) in [7, 11) is 0. The number of rotatable bonds is 2. The Morgan fingerprint density at radius 3 is 2.91 bits per heavy atom. The zero-order chi connectivity index (χ0) is 8.27. The normalized spacial score (nSPS) is 28.5. The summed E-state index contributed by atoms with van der Waals surface area (Å²) in [6.07, 6.45) is 6.60. The van der Waals surface area contributed by atoms with E-state index in [0.717, 1.165) is 6.42 Å². The predicted molar refractivity (Wildman–Crippen MR) is 43.0 cm³/mol. The summed E-state index contributed by atoms with van der Waals surface area (Å²) in [4.78, 5) is 10.5. The quantitative estimate of drug-likeness (QED) is 0.444. The van der Waals surface area contributed by atoms with E-state index in [9.17, 15) is 4.79 Å². The van der Waals surface area contributed by atoms with Crippen LogP contribution < -0.4 is 0 Å². The largest absolute Gasteiger partial charge is 0.458 e. The Balaban J connectivity index is 2.37. The molecule has 0 spiro atoms. The minimum absolute atomic E-state index is 0.0319. The van der Waals surface area contributed by atoms with Crippen LogP contribution in [0.5, 0.6) is 0 Å². The summed E-state index contributed by atoms with van der Waals surface area (Å²) in [5, 5.41) is 0. The van der Waals surface area contributed by atoms with Gasteiger partial charge in [-0.25, -0.2) is 0 Å². The average molecular weight is 152 g/mol. The van der Waals surface area contributed by atoms with Crippen LogP contribution in [0.3, 0.4) is 0 Å². The molecular formula is C9H12O2. The summed E-state index contributed by atoms with van der Waals surface area (Å²) in [6.45, 7) is 5.09. The standard InChI is InChI=1S/C9H12O2/c1-3-8-4-5-9(6-8)11-7(2)10/h3-5,8-9H,1,6H2,2H3/t8-,9+/m1/s1. The molecule has 0 N–H and O–H groups in total. The minimum Gasteiger partial charge on any atom is -0.458 e. The maximum Gasteiger partial charge on any atom is 0.303 e. The molecule has 0 amide bonds. The Morgan fingerprint density at radius 2 is 2.45 bits per heavy atom. The van der Waals surface area contributed by atoms with Gasteiger partial charge in [0, 0.05) is 6.92 Å². The van der Waals surface area contributed by atoms with Crippen LogP contribution in [0.4, 0.5) is 0 Å². The van der Waals surface area contributed by atoms with Crippen molar-refractivity contribution < 1.29 is 9.53 Å². The van der Waals surface area contributed by atoms with E-state index in [1.54, 1.807) is 0 Å². The van der Waals surface area contributed by atoms with Gasteiger partial charge in [-0.3, -0.25) is 4.79 Å². The Morgan fingerprint density at radius 1 is 1.73 bits per heavy atom. The fraction of sp³-hybridized carbons (Fsp3) is 0.444. The molecule has 1 aliphatic carbocycles. The number of hydrogen-bond donors (Lipinski definition) is 0. The molecule has 0 radical (unpaired) electrons. The highest BCUT2D eigenvalue weighted by molar-refractivity contribution is 5.66. The van der Waals surface area contributed by atoms with Gasteiger partial charge in [0.05, 0.1) is 0 Å². The number of allylic oxidation sites excluding steroid dienone is 2. The molecule has 1 rings (SSSR count). The first-order chi connectivity index (χ1) is 5.22. The van der Waals surface area contributed by atoms with Crippen LogP contribution >= 0.6 is 0 Å². The maximum atomic E-state index is 10.5. The van der Waals surface area contributed by atoms with Crippen LogP contribution in [0.2, 0.25) is 0 Å². The summed E-state index contributed by atoms with van der Waals surface area (Å²) in [5.41, 5.74) is 0. The number of esters is 1. The lowest BCUT2D eigenvalue weighted by Gasteiger charge is -2.08. The Labute approximate surface area is 66.5 Å². The number of hydrogen-bond acceptors (Lipinski definition) is 2. The van der Waals surface area contributed by atoms with E-state index >= 15 is 0 Å². The third kappa shape index (κ3) is 2.22. The molecule has 2 heteroatoms. The minimum atomic E-state index is -0.218. The van der Waals surface area contributed by atoms with Crippen molar-refractivity contribution in [3.63, 3.8) is 0 Å². The molecule has 2 atom stereocenters. The topological polar surface area (TPSA) is 26.3 Å². The molecule has 1 aliphatic rings. The zero-order valence-electron chi connectivity index (χ0n) is 6.62. The molecule has 60 valence electrons. The van der Waals surface area contributed by atoms with E-state index in [0.29, 0.717) is 5.92 Å². The highest BCUT2D eigenvalue weighted by atomic mass is 16.5. The van der Waals surface area contributed by atoms with E-state index in [2.05, 4.69) is 6.58 Å². The Kier molecular flexibility index (Phi) is 2.47. The first kappa shape index (κ1) is 8.05. The highest BCUT2D eigenvalue weighted by Crippen LogP contribution is 2.20. The molecule has 2 nitrogen and oxygen atoms in total. The van der Waals surface area contributed by atoms with Gasteiger partial charge in [-0.05, 0) is 18.4 Å². The van der Waals surface area contributed by atoms with E-state index in [1.807, 2.05) is 18.2 Å². The number of carbonyl (C=O) groups excluding carboxylic acids is 1. The zero-order valence-corrected chi connectivity index (χ0v) is 6.62. The first-order valence-electron chi connectivity index (χ1n) is 3.70. The van der Waals surface area contributed by atoms with Gasteiger partial charge in [0.2, 0.25) is 0 Å². The molecule has 0 aromatic rings. The van der Waals surface area contributed by atoms with Gasteiger partial charge in [-0.1, -0.05) is 12.2 Å². The summed E-state index contributed by atoms with van der Waals surface area (Å²) in [6, 6.07) is 0. The molecule has 0 unspecified atom stereocenters. The van der Waals surface area contributed by atoms with Gasteiger partial charge in [0.1, 0.15) is 6.10 Å². The van der Waals surface area contributed by atoms with Gasteiger partial charge >= 0.3 is 5.97 Å². The van der Waals surface area contributed by atoms with Crippen LogP contribution in [0.25, 0.3) is 0 Å². The Hall–Kier alpha value is -1.05. The molecule has 0 fully saturated rings. The fourth-order valence-electron chi connectivity index (χ4n) is 1.17. The molecule has 11 heavy (non-hydrogen) atoms. The van der Waals surface area contributed by atoms with E-state index in [-0.39, 0.29) is 12.1 Å². The SMILES string of the molecule is C=C[C@@H]1C=C[C@H](OC(C)=O)C1. The van der Waals surface area contributed by atoms with E-state index in [4.69, 9.17) is 4.74 Å². The van der Waals surface area contributed by atoms with E-state index in [1.165, 1.54) is 6.92 Å². The van der Waals surface area contributed by atoms with Crippen LogP contribution in [0.1, 0.15) is 13.3 Å². The third-order valence-corrected chi connectivity index (χ3v) is 1.70. The van der Waals surface area contributed by atoms with Gasteiger partial charge < -0.3 is 4.74 Å². The van der Waals surface area contributed by atoms with Gasteiger partial charge in [-0.2, -0.15) is 0 Å². The third-order valence-electron chi connectivity index (χ3n) is 1.70. The van der Waals surface area contributed by atoms with Crippen LogP contribution in [-0.2, 0) is 9.53 Å². The van der Waals surface area contributed by atoms with Crippen molar-refractivity contribution in [2.24, 2.45) is 5.92 Å². The van der Waals surface area contributed by atoms with Crippen molar-refractivity contribution in [3.8, 4) is 0 Å². The fourth-order valence-corrected chi connectivity index (χ4v) is 1.17. The molecule has 0 aromatic carbocycles. The molecular weight excluding hydrogens is 140 g/mol. The monoisotopic (exact) mass is 152 g/mol. The lowest BCUT2D eigenvalue weighted by atomic mass is 10.1. The maximum absolute atomic E-state index is 10.5. The van der Waals surface area contributed by atoms with Crippen molar-refractivity contribution in [3.05, 3.63) is 24.8 Å². The van der Waals surface area contributed by atoms with Crippen LogP contribution in [0, 0.1) is 5.92 Å². The second kappa shape index (κ2) is 3.37. The lowest BCUT2D eigenvalue weighted by Crippen LogP contribution is -2.11. The molecule has 0 saturated heterocycles. The van der Waals surface area contributed by atoms with Gasteiger partial charge in [-0.15, -0.1) is 6.58 Å². The van der Waals surface area contributed by atoms with Crippen molar-refractivity contribution in [1.29, 1.82) is 0 Å². The first-order valence-corrected chi connectivity index (χ1v) is 3.70. The van der Waals surface area contributed by atoms with Crippen LogP contribution in [0.15, 0.2) is 24.8 Å². The predicted octanol–water partition coefficient (Wildman–Crippen LogP) is 1.68. The lowest BCUT2D eigenvalue weighted by molar-refractivity contribution is -0.144. The molecule has 0 bridgehead atoms. The molecule has 0 aliphatic heterocycles. The van der Waals surface area contributed by atoms with Crippen molar-refractivity contribution in [2.45, 2.75) is 19.4 Å². The number of carbonyl (C=O) groups is 1. The van der Waals surface area contributed by atoms with Crippen molar-refractivity contribution >= 4 is 5.97 Å². The summed E-state index contributed by atoms with van der Waals surface area (Å²) < 4.78 is 4.97. The van der Waals surface area contributed by atoms with Gasteiger partial charge in [0.15, 0.2) is 0 Å². The van der Waals surface area contributed by atoms with E-state index < -0.39 is 0 Å². The highest BCUT2D eigenvalue weighted by Gasteiger charge is 2.17. The summed E-state index contributed by atoms with van der Waals surface area (Å²) >= 11 is 0. The molecule has 0 saturated carbocycles. The molecule has 0 heterocycles. The second-order valence-corrected chi connectivity index (χ2v) is 2.67. The van der Waals surface area contributed by atoms with Gasteiger partial charge in [0.25, 0.3) is 0 Å². The Bertz CT molecular complexity index is 194. The summed E-state index contributed by atoms with van der Waals surface area (Å²) in [5.74, 6) is 0.156.